The maximum Gasteiger partial charge on any atom is -0.0150 e. The van der Waals surface area contributed by atoms with Crippen molar-refractivity contribution in [3.63, 3.8) is 0 Å². The minimum Gasteiger partial charge on any atom is -0.0648 e. The number of benzene rings is 3. The first-order chi connectivity index (χ1) is 12.7. The van der Waals surface area contributed by atoms with Gasteiger partial charge in [-0.05, 0) is 58.9 Å². The molecule has 0 aromatic heterocycles. The van der Waals surface area contributed by atoms with E-state index in [4.69, 9.17) is 0 Å². The van der Waals surface area contributed by atoms with Crippen LogP contribution < -0.4 is 0 Å². The van der Waals surface area contributed by atoms with E-state index in [9.17, 15) is 0 Å². The molecule has 0 amide bonds. The fourth-order valence-corrected chi connectivity index (χ4v) is 3.79. The van der Waals surface area contributed by atoms with Crippen LogP contribution in [0.1, 0.15) is 62.1 Å². The van der Waals surface area contributed by atoms with Crippen molar-refractivity contribution in [2.24, 2.45) is 0 Å². The third-order valence-corrected chi connectivity index (χ3v) is 5.57. The molecule has 0 bridgehead atoms. The second-order valence-electron chi connectivity index (χ2n) is 7.35. The van der Waals surface area contributed by atoms with Gasteiger partial charge in [0.05, 0.1) is 0 Å². The van der Waals surface area contributed by atoms with E-state index in [2.05, 4.69) is 99.6 Å². The molecule has 0 nitrogen and oxygen atoms in total. The van der Waals surface area contributed by atoms with Gasteiger partial charge in [-0.2, -0.15) is 0 Å². The third-order valence-electron chi connectivity index (χ3n) is 5.57. The first-order valence-corrected chi connectivity index (χ1v) is 9.95. The summed E-state index contributed by atoms with van der Waals surface area (Å²) in [4.78, 5) is 0. The second kappa shape index (κ2) is 8.85. The molecule has 0 aliphatic rings. The van der Waals surface area contributed by atoms with Crippen LogP contribution in [0.4, 0.5) is 0 Å². The zero-order chi connectivity index (χ0) is 18.4. The maximum absolute atomic E-state index is 2.33. The summed E-state index contributed by atoms with van der Waals surface area (Å²) < 4.78 is 0. The van der Waals surface area contributed by atoms with Gasteiger partial charge in [-0.3, -0.25) is 0 Å². The van der Waals surface area contributed by atoms with Gasteiger partial charge in [-0.15, -0.1) is 0 Å². The van der Waals surface area contributed by atoms with E-state index in [0.717, 1.165) is 6.42 Å². The Labute approximate surface area is 158 Å². The summed E-state index contributed by atoms with van der Waals surface area (Å²) in [5, 5.41) is 0. The molecule has 0 radical (unpaired) electrons. The van der Waals surface area contributed by atoms with E-state index in [1.807, 2.05) is 0 Å². The average molecular weight is 343 g/mol. The van der Waals surface area contributed by atoms with Gasteiger partial charge < -0.3 is 0 Å². The molecule has 3 aromatic carbocycles. The monoisotopic (exact) mass is 342 g/mol. The summed E-state index contributed by atoms with van der Waals surface area (Å²) in [7, 11) is 0. The fourth-order valence-electron chi connectivity index (χ4n) is 3.79. The molecular weight excluding hydrogens is 312 g/mol. The van der Waals surface area contributed by atoms with Gasteiger partial charge in [0.1, 0.15) is 0 Å². The molecule has 1 unspecified atom stereocenters. The third kappa shape index (κ3) is 4.43. The summed E-state index contributed by atoms with van der Waals surface area (Å²) in [6, 6.07) is 29.0. The molecule has 3 aromatic rings. The minimum atomic E-state index is 0.527. The molecule has 0 saturated carbocycles. The Morgan fingerprint density at radius 3 is 1.73 bits per heavy atom. The SMILES string of the molecule is CCC(CC)c1ccc(CC(C)c2ccc(-c3ccccc3)cc2)cc1. The molecule has 0 spiro atoms. The van der Waals surface area contributed by atoms with Crippen LogP contribution in [-0.2, 0) is 6.42 Å². The summed E-state index contributed by atoms with van der Waals surface area (Å²) in [6.45, 7) is 6.89. The maximum atomic E-state index is 2.33. The highest BCUT2D eigenvalue weighted by atomic mass is 14.1. The summed E-state index contributed by atoms with van der Waals surface area (Å²) in [5.41, 5.74) is 6.89. The highest BCUT2D eigenvalue weighted by Crippen LogP contribution is 2.27. The molecule has 0 saturated heterocycles. The lowest BCUT2D eigenvalue weighted by atomic mass is 9.89. The summed E-state index contributed by atoms with van der Waals surface area (Å²) in [6.07, 6.45) is 3.54. The molecule has 0 heterocycles. The lowest BCUT2D eigenvalue weighted by Gasteiger charge is -2.16. The highest BCUT2D eigenvalue weighted by Gasteiger charge is 2.10. The topological polar surface area (TPSA) is 0 Å². The Morgan fingerprint density at radius 2 is 1.15 bits per heavy atom. The van der Waals surface area contributed by atoms with Crippen LogP contribution in [0, 0.1) is 0 Å². The Kier molecular flexibility index (Phi) is 6.28. The predicted octanol–water partition coefficient (Wildman–Crippen LogP) is 7.60. The van der Waals surface area contributed by atoms with E-state index in [1.54, 1.807) is 0 Å². The van der Waals surface area contributed by atoms with Crippen molar-refractivity contribution < 1.29 is 0 Å². The van der Waals surface area contributed by atoms with Gasteiger partial charge in [0.2, 0.25) is 0 Å². The number of hydrogen-bond acceptors (Lipinski definition) is 0. The van der Waals surface area contributed by atoms with Gasteiger partial charge in [0.25, 0.3) is 0 Å². The number of rotatable bonds is 7. The Morgan fingerprint density at radius 1 is 0.615 bits per heavy atom. The van der Waals surface area contributed by atoms with E-state index in [-0.39, 0.29) is 0 Å². The first kappa shape index (κ1) is 18.5. The van der Waals surface area contributed by atoms with Crippen LogP contribution in [0.15, 0.2) is 78.9 Å². The molecule has 1 atom stereocenters. The van der Waals surface area contributed by atoms with Crippen LogP contribution in [-0.4, -0.2) is 0 Å². The smallest absolute Gasteiger partial charge is 0.0150 e. The fraction of sp³-hybridized carbons (Fsp3) is 0.308. The quantitative estimate of drug-likeness (QED) is 0.414. The molecule has 3 rings (SSSR count). The Balaban J connectivity index is 1.67. The van der Waals surface area contributed by atoms with E-state index in [0.29, 0.717) is 11.8 Å². The molecule has 0 aliphatic heterocycles. The van der Waals surface area contributed by atoms with Crippen molar-refractivity contribution in [3.8, 4) is 11.1 Å². The van der Waals surface area contributed by atoms with Gasteiger partial charge in [-0.25, -0.2) is 0 Å². The second-order valence-corrected chi connectivity index (χ2v) is 7.35. The molecule has 26 heavy (non-hydrogen) atoms. The molecule has 0 heteroatoms. The van der Waals surface area contributed by atoms with Gasteiger partial charge >= 0.3 is 0 Å². The molecule has 0 N–H and O–H groups in total. The van der Waals surface area contributed by atoms with Crippen LogP contribution in [0.3, 0.4) is 0 Å². The number of hydrogen-bond donors (Lipinski definition) is 0. The molecular formula is C26H30. The van der Waals surface area contributed by atoms with Gasteiger partial charge in [-0.1, -0.05) is 99.6 Å². The van der Waals surface area contributed by atoms with Gasteiger partial charge in [0, 0.05) is 0 Å². The first-order valence-electron chi connectivity index (χ1n) is 9.95. The van der Waals surface area contributed by atoms with E-state index >= 15 is 0 Å². The molecule has 134 valence electrons. The summed E-state index contributed by atoms with van der Waals surface area (Å²) >= 11 is 0. The van der Waals surface area contributed by atoms with Crippen LogP contribution in [0.5, 0.6) is 0 Å². The van der Waals surface area contributed by atoms with Crippen molar-refractivity contribution in [2.75, 3.05) is 0 Å². The van der Waals surface area contributed by atoms with Crippen LogP contribution in [0.2, 0.25) is 0 Å². The van der Waals surface area contributed by atoms with Crippen molar-refractivity contribution in [1.29, 1.82) is 0 Å². The molecule has 0 fully saturated rings. The normalized spacial score (nSPS) is 12.3. The standard InChI is InChI=1S/C26H30/c1-4-22(5-2)25-13-11-21(12-14-25)19-20(3)23-15-17-26(18-16-23)24-9-7-6-8-10-24/h6-18,20,22H,4-5,19H2,1-3H3. The lowest BCUT2D eigenvalue weighted by Crippen LogP contribution is -2.00. The lowest BCUT2D eigenvalue weighted by molar-refractivity contribution is 0.641. The minimum absolute atomic E-state index is 0.527. The Hall–Kier alpha value is -2.34. The zero-order valence-electron chi connectivity index (χ0n) is 16.3. The zero-order valence-corrected chi connectivity index (χ0v) is 16.3. The van der Waals surface area contributed by atoms with Crippen molar-refractivity contribution in [3.05, 3.63) is 95.6 Å². The van der Waals surface area contributed by atoms with Gasteiger partial charge in [0.15, 0.2) is 0 Å². The van der Waals surface area contributed by atoms with E-state index in [1.165, 1.54) is 40.7 Å². The largest absolute Gasteiger partial charge is 0.0648 e. The summed E-state index contributed by atoms with van der Waals surface area (Å²) in [5.74, 6) is 1.23. The van der Waals surface area contributed by atoms with Crippen molar-refractivity contribution in [2.45, 2.75) is 51.9 Å². The highest BCUT2D eigenvalue weighted by molar-refractivity contribution is 5.63. The van der Waals surface area contributed by atoms with Crippen molar-refractivity contribution in [1.82, 2.24) is 0 Å². The average Bonchev–Trinajstić information content (AvgIpc) is 2.71. The van der Waals surface area contributed by atoms with Crippen molar-refractivity contribution >= 4 is 0 Å². The Bertz CT molecular complexity index is 778. The van der Waals surface area contributed by atoms with E-state index < -0.39 is 0 Å². The molecule has 0 aliphatic carbocycles. The van der Waals surface area contributed by atoms with Crippen LogP contribution in [0.25, 0.3) is 11.1 Å². The predicted molar refractivity (Wildman–Crippen MR) is 114 cm³/mol. The van der Waals surface area contributed by atoms with Crippen LogP contribution >= 0.6 is 0 Å².